The second kappa shape index (κ2) is 5.29. The van der Waals surface area contributed by atoms with E-state index in [4.69, 9.17) is 10.5 Å². The van der Waals surface area contributed by atoms with Crippen LogP contribution in [0.2, 0.25) is 0 Å². The number of rotatable bonds is 4. The largest absolute Gasteiger partial charge is 0.377 e. The number of anilines is 1. The monoisotopic (exact) mass is 236 g/mol. The Morgan fingerprint density at radius 1 is 1.47 bits per heavy atom. The van der Waals surface area contributed by atoms with Crippen LogP contribution in [0.5, 0.6) is 0 Å². The van der Waals surface area contributed by atoms with Crippen molar-refractivity contribution in [3.05, 3.63) is 29.8 Å². The molecule has 0 fully saturated rings. The molecule has 1 unspecified atom stereocenters. The molecule has 0 bridgehead atoms. The molecule has 0 spiro atoms. The molecule has 0 radical (unpaired) electrons. The molecular formula is C13H20N2O2. The lowest BCUT2D eigenvalue weighted by atomic mass is 10.1. The van der Waals surface area contributed by atoms with Gasteiger partial charge in [0.25, 0.3) is 0 Å². The molecule has 1 atom stereocenters. The van der Waals surface area contributed by atoms with Crippen molar-refractivity contribution in [1.29, 1.82) is 0 Å². The highest BCUT2D eigenvalue weighted by atomic mass is 16.5. The third kappa shape index (κ3) is 3.84. The van der Waals surface area contributed by atoms with Gasteiger partial charge < -0.3 is 15.8 Å². The first-order valence-corrected chi connectivity index (χ1v) is 5.57. The number of carbonyl (C=O) groups excluding carboxylic acids is 1. The minimum atomic E-state index is -0.886. The number of ether oxygens (including phenoxy) is 1. The predicted molar refractivity (Wildman–Crippen MR) is 68.8 cm³/mol. The fraction of sp³-hybridized carbons (Fsp3) is 0.462. The third-order valence-electron chi connectivity index (χ3n) is 2.55. The first-order valence-electron chi connectivity index (χ1n) is 5.57. The van der Waals surface area contributed by atoms with Crippen LogP contribution in [0.15, 0.2) is 24.3 Å². The van der Waals surface area contributed by atoms with Gasteiger partial charge in [0.1, 0.15) is 0 Å². The van der Waals surface area contributed by atoms with E-state index < -0.39 is 5.54 Å². The maximum atomic E-state index is 11.7. The standard InChI is InChI=1S/C13H20N2O2/c1-9(17-4)10-6-5-7-11(8-10)15-12(16)13(2,3)14/h5-9H,14H2,1-4H3,(H,15,16). The molecule has 0 saturated carbocycles. The molecular weight excluding hydrogens is 216 g/mol. The Morgan fingerprint density at radius 3 is 2.65 bits per heavy atom. The van der Waals surface area contributed by atoms with E-state index in [0.29, 0.717) is 0 Å². The van der Waals surface area contributed by atoms with Crippen LogP contribution in [0, 0.1) is 0 Å². The van der Waals surface area contributed by atoms with Crippen LogP contribution in [0.3, 0.4) is 0 Å². The summed E-state index contributed by atoms with van der Waals surface area (Å²) in [5, 5.41) is 2.78. The Morgan fingerprint density at radius 2 is 2.12 bits per heavy atom. The molecule has 0 aliphatic carbocycles. The summed E-state index contributed by atoms with van der Waals surface area (Å²) in [7, 11) is 1.65. The molecule has 17 heavy (non-hydrogen) atoms. The second-order valence-corrected chi connectivity index (χ2v) is 4.68. The zero-order chi connectivity index (χ0) is 13.1. The molecule has 4 heteroatoms. The van der Waals surface area contributed by atoms with Gasteiger partial charge in [-0.15, -0.1) is 0 Å². The van der Waals surface area contributed by atoms with Gasteiger partial charge in [-0.2, -0.15) is 0 Å². The minimum Gasteiger partial charge on any atom is -0.377 e. The summed E-state index contributed by atoms with van der Waals surface area (Å²) < 4.78 is 5.23. The van der Waals surface area contributed by atoms with Gasteiger partial charge >= 0.3 is 0 Å². The first kappa shape index (κ1) is 13.7. The number of nitrogens with one attached hydrogen (secondary N) is 1. The average Bonchev–Trinajstić information content (AvgIpc) is 2.27. The molecule has 3 N–H and O–H groups in total. The lowest BCUT2D eigenvalue weighted by Crippen LogP contribution is -2.45. The van der Waals surface area contributed by atoms with Crippen LogP contribution in [-0.2, 0) is 9.53 Å². The summed E-state index contributed by atoms with van der Waals surface area (Å²) in [6.07, 6.45) is -0.00209. The fourth-order valence-electron chi connectivity index (χ4n) is 1.30. The Bertz CT molecular complexity index is 397. The molecule has 0 aliphatic heterocycles. The Kier molecular flexibility index (Phi) is 4.26. The van der Waals surface area contributed by atoms with Crippen LogP contribution in [-0.4, -0.2) is 18.6 Å². The highest BCUT2D eigenvalue weighted by Crippen LogP contribution is 2.20. The topological polar surface area (TPSA) is 64.3 Å². The van der Waals surface area contributed by atoms with Gasteiger partial charge in [0.15, 0.2) is 0 Å². The molecule has 1 rings (SSSR count). The zero-order valence-corrected chi connectivity index (χ0v) is 10.8. The third-order valence-corrected chi connectivity index (χ3v) is 2.55. The summed E-state index contributed by atoms with van der Waals surface area (Å²) in [5.74, 6) is -0.209. The van der Waals surface area contributed by atoms with E-state index >= 15 is 0 Å². The molecule has 1 aromatic carbocycles. The summed E-state index contributed by atoms with van der Waals surface area (Å²) in [5.41, 5.74) is 6.57. The van der Waals surface area contributed by atoms with E-state index in [1.165, 1.54) is 0 Å². The Balaban J connectivity index is 2.83. The van der Waals surface area contributed by atoms with Gasteiger partial charge in [0.05, 0.1) is 11.6 Å². The molecule has 1 aromatic rings. The van der Waals surface area contributed by atoms with E-state index in [0.717, 1.165) is 11.3 Å². The van der Waals surface area contributed by atoms with Crippen molar-refractivity contribution in [3.8, 4) is 0 Å². The van der Waals surface area contributed by atoms with Crippen LogP contribution in [0.4, 0.5) is 5.69 Å². The molecule has 1 amide bonds. The van der Waals surface area contributed by atoms with E-state index in [1.54, 1.807) is 21.0 Å². The van der Waals surface area contributed by atoms with Gasteiger partial charge in [-0.25, -0.2) is 0 Å². The highest BCUT2D eigenvalue weighted by molar-refractivity contribution is 5.97. The van der Waals surface area contributed by atoms with E-state index in [1.807, 2.05) is 31.2 Å². The number of amides is 1. The van der Waals surface area contributed by atoms with Crippen molar-refractivity contribution in [1.82, 2.24) is 0 Å². The van der Waals surface area contributed by atoms with Crippen LogP contribution >= 0.6 is 0 Å². The Labute approximate surface area is 102 Å². The zero-order valence-electron chi connectivity index (χ0n) is 10.8. The average molecular weight is 236 g/mol. The normalized spacial score (nSPS) is 13.2. The van der Waals surface area contributed by atoms with Crippen molar-refractivity contribution < 1.29 is 9.53 Å². The summed E-state index contributed by atoms with van der Waals surface area (Å²) in [6.45, 7) is 5.29. The predicted octanol–water partition coefficient (Wildman–Crippen LogP) is 2.07. The summed E-state index contributed by atoms with van der Waals surface area (Å²) in [6, 6.07) is 7.55. The van der Waals surface area contributed by atoms with Crippen LogP contribution in [0.25, 0.3) is 0 Å². The smallest absolute Gasteiger partial charge is 0.243 e. The summed E-state index contributed by atoms with van der Waals surface area (Å²) >= 11 is 0. The van der Waals surface area contributed by atoms with Gasteiger partial charge in [-0.1, -0.05) is 12.1 Å². The lowest BCUT2D eigenvalue weighted by Gasteiger charge is -2.18. The number of benzene rings is 1. The van der Waals surface area contributed by atoms with Crippen LogP contribution < -0.4 is 11.1 Å². The van der Waals surface area contributed by atoms with Gasteiger partial charge in [0.2, 0.25) is 5.91 Å². The highest BCUT2D eigenvalue weighted by Gasteiger charge is 2.21. The maximum absolute atomic E-state index is 11.7. The van der Waals surface area contributed by atoms with E-state index in [9.17, 15) is 4.79 Å². The van der Waals surface area contributed by atoms with Crippen molar-refractivity contribution in [2.45, 2.75) is 32.4 Å². The van der Waals surface area contributed by atoms with Gasteiger partial charge in [-0.3, -0.25) is 4.79 Å². The summed E-state index contributed by atoms with van der Waals surface area (Å²) in [4.78, 5) is 11.7. The number of hydrogen-bond donors (Lipinski definition) is 2. The van der Waals surface area contributed by atoms with Crippen molar-refractivity contribution in [2.24, 2.45) is 5.73 Å². The maximum Gasteiger partial charge on any atom is 0.243 e. The molecule has 0 saturated heterocycles. The van der Waals surface area contributed by atoms with Crippen molar-refractivity contribution in [2.75, 3.05) is 12.4 Å². The number of nitrogens with two attached hydrogens (primary N) is 1. The van der Waals surface area contributed by atoms with Gasteiger partial charge in [-0.05, 0) is 38.5 Å². The molecule has 0 aliphatic rings. The number of carbonyl (C=O) groups is 1. The molecule has 0 aromatic heterocycles. The van der Waals surface area contributed by atoms with Crippen molar-refractivity contribution >= 4 is 11.6 Å². The molecule has 4 nitrogen and oxygen atoms in total. The SMILES string of the molecule is COC(C)c1cccc(NC(=O)C(C)(C)N)c1. The number of methoxy groups -OCH3 is 1. The van der Waals surface area contributed by atoms with E-state index in [2.05, 4.69) is 5.32 Å². The first-order chi connectivity index (χ1) is 7.84. The van der Waals surface area contributed by atoms with Crippen LogP contribution in [0.1, 0.15) is 32.4 Å². The second-order valence-electron chi connectivity index (χ2n) is 4.68. The minimum absolute atomic E-state index is 0.00209. The van der Waals surface area contributed by atoms with Crippen molar-refractivity contribution in [3.63, 3.8) is 0 Å². The van der Waals surface area contributed by atoms with E-state index in [-0.39, 0.29) is 12.0 Å². The Hall–Kier alpha value is -1.39. The van der Waals surface area contributed by atoms with Gasteiger partial charge in [0, 0.05) is 12.8 Å². The number of hydrogen-bond acceptors (Lipinski definition) is 3. The quantitative estimate of drug-likeness (QED) is 0.841. The lowest BCUT2D eigenvalue weighted by molar-refractivity contribution is -0.120. The molecule has 0 heterocycles. The molecule has 94 valence electrons. The fourth-order valence-corrected chi connectivity index (χ4v) is 1.30.